The second-order valence-corrected chi connectivity index (χ2v) is 8.40. The second kappa shape index (κ2) is 8.85. The Morgan fingerprint density at radius 2 is 2.13 bits per heavy atom. The number of amides is 1. The summed E-state index contributed by atoms with van der Waals surface area (Å²) in [7, 11) is 0. The van der Waals surface area contributed by atoms with Crippen molar-refractivity contribution in [1.29, 1.82) is 0 Å². The number of fused-ring (bicyclic) bond motifs is 1. The minimum atomic E-state index is -0.263. The molecule has 0 saturated carbocycles. The monoisotopic (exact) mass is 440 g/mol. The van der Waals surface area contributed by atoms with Crippen LogP contribution in [0.1, 0.15) is 31.1 Å². The maximum absolute atomic E-state index is 13.2. The van der Waals surface area contributed by atoms with E-state index >= 15 is 0 Å². The van der Waals surface area contributed by atoms with Gasteiger partial charge in [-0.25, -0.2) is 4.98 Å². The van der Waals surface area contributed by atoms with Crippen molar-refractivity contribution in [2.45, 2.75) is 26.3 Å². The van der Waals surface area contributed by atoms with Gasteiger partial charge in [0.25, 0.3) is 11.5 Å². The Morgan fingerprint density at radius 3 is 2.90 bits per heavy atom. The molecule has 154 valence electrons. The molecule has 1 amide bonds. The molecule has 0 unspecified atom stereocenters. The van der Waals surface area contributed by atoms with Crippen LogP contribution in [-0.2, 0) is 11.3 Å². The largest absolute Gasteiger partial charge is 0.467 e. The number of furan rings is 1. The minimum absolute atomic E-state index is 0.173. The number of unbranched alkanes of at least 4 members (excludes halogenated alkanes) is 1. The topological polar surface area (TPSA) is 79.8 Å². The molecule has 4 rings (SSSR count). The third-order valence-electron chi connectivity index (χ3n) is 4.66. The van der Waals surface area contributed by atoms with E-state index in [2.05, 4.69) is 17.2 Å². The molecule has 4 heterocycles. The van der Waals surface area contributed by atoms with Crippen LogP contribution < -0.4 is 10.9 Å². The number of pyridine rings is 1. The van der Waals surface area contributed by atoms with Crippen molar-refractivity contribution in [2.24, 2.45) is 0 Å². The van der Waals surface area contributed by atoms with Crippen LogP contribution in [0.2, 0.25) is 0 Å². The summed E-state index contributed by atoms with van der Waals surface area (Å²) < 4.78 is 7.33. The van der Waals surface area contributed by atoms with Gasteiger partial charge in [-0.3, -0.25) is 18.9 Å². The summed E-state index contributed by atoms with van der Waals surface area (Å²) in [5, 5.41) is 3.16. The Bertz CT molecular complexity index is 1180. The lowest BCUT2D eigenvalue weighted by atomic mass is 10.2. The predicted octanol–water partition coefficient (Wildman–Crippen LogP) is 3.90. The predicted molar refractivity (Wildman–Crippen MR) is 122 cm³/mol. The minimum Gasteiger partial charge on any atom is -0.467 e. The molecule has 1 aliphatic heterocycles. The number of thiocarbonyl (C=S) groups is 1. The summed E-state index contributed by atoms with van der Waals surface area (Å²) in [6, 6.07) is 8.96. The molecule has 7 nitrogen and oxygen atoms in total. The van der Waals surface area contributed by atoms with E-state index in [0.717, 1.165) is 12.8 Å². The Labute approximate surface area is 182 Å². The van der Waals surface area contributed by atoms with E-state index < -0.39 is 0 Å². The van der Waals surface area contributed by atoms with Gasteiger partial charge < -0.3 is 9.73 Å². The van der Waals surface area contributed by atoms with Crippen LogP contribution in [0.4, 0.5) is 5.82 Å². The van der Waals surface area contributed by atoms with Gasteiger partial charge in [-0.2, -0.15) is 0 Å². The molecule has 0 atom stereocenters. The maximum Gasteiger partial charge on any atom is 0.267 e. The van der Waals surface area contributed by atoms with Gasteiger partial charge in [0.1, 0.15) is 21.5 Å². The van der Waals surface area contributed by atoms with Crippen molar-refractivity contribution in [2.75, 3.05) is 11.9 Å². The van der Waals surface area contributed by atoms with Crippen LogP contribution in [0.25, 0.3) is 11.7 Å². The zero-order valence-corrected chi connectivity index (χ0v) is 18.0. The van der Waals surface area contributed by atoms with E-state index in [4.69, 9.17) is 16.6 Å². The van der Waals surface area contributed by atoms with Gasteiger partial charge in [0.2, 0.25) is 0 Å². The van der Waals surface area contributed by atoms with E-state index in [1.165, 1.54) is 16.2 Å². The van der Waals surface area contributed by atoms with Gasteiger partial charge in [0.05, 0.1) is 23.3 Å². The first kappa shape index (κ1) is 20.4. The Balaban J connectivity index is 1.75. The molecule has 0 aliphatic carbocycles. The van der Waals surface area contributed by atoms with Crippen molar-refractivity contribution < 1.29 is 9.21 Å². The van der Waals surface area contributed by atoms with Gasteiger partial charge in [-0.1, -0.05) is 43.4 Å². The average Bonchev–Trinajstić information content (AvgIpc) is 3.36. The number of carbonyl (C=O) groups excluding carboxylic acids is 1. The normalized spacial score (nSPS) is 15.5. The number of hydrogen-bond acceptors (Lipinski definition) is 7. The van der Waals surface area contributed by atoms with Crippen molar-refractivity contribution in [3.8, 4) is 0 Å². The molecule has 0 aromatic carbocycles. The fraction of sp³-hybridized carbons (Fsp3) is 0.238. The average molecular weight is 441 g/mol. The van der Waals surface area contributed by atoms with Gasteiger partial charge in [0.15, 0.2) is 0 Å². The number of rotatable bonds is 7. The summed E-state index contributed by atoms with van der Waals surface area (Å²) >= 11 is 6.58. The van der Waals surface area contributed by atoms with Crippen molar-refractivity contribution in [3.05, 3.63) is 69.4 Å². The number of carbonyl (C=O) groups is 1. The molecule has 3 aromatic heterocycles. The molecule has 0 bridgehead atoms. The highest BCUT2D eigenvalue weighted by Gasteiger charge is 2.32. The number of aromatic nitrogens is 2. The third kappa shape index (κ3) is 4.03. The fourth-order valence-corrected chi connectivity index (χ4v) is 4.38. The highest BCUT2D eigenvalue weighted by atomic mass is 32.2. The number of anilines is 1. The number of thioether (sulfide) groups is 1. The zero-order chi connectivity index (χ0) is 21.1. The van der Waals surface area contributed by atoms with Crippen LogP contribution >= 0.6 is 24.0 Å². The maximum atomic E-state index is 13.2. The highest BCUT2D eigenvalue weighted by molar-refractivity contribution is 8.26. The van der Waals surface area contributed by atoms with E-state index in [0.29, 0.717) is 45.1 Å². The second-order valence-electron chi connectivity index (χ2n) is 6.73. The Kier molecular flexibility index (Phi) is 6.01. The van der Waals surface area contributed by atoms with Gasteiger partial charge in [-0.15, -0.1) is 0 Å². The lowest BCUT2D eigenvalue weighted by Crippen LogP contribution is -2.29. The molecule has 3 aromatic rings. The SMILES string of the molecule is CCCCN1C(=O)/C(=C/c2c(NCc3ccco3)nc3ccccn3c2=O)SC1=S. The summed E-state index contributed by atoms with van der Waals surface area (Å²) in [6.45, 7) is 3.00. The highest BCUT2D eigenvalue weighted by Crippen LogP contribution is 2.33. The third-order valence-corrected chi connectivity index (χ3v) is 6.04. The van der Waals surface area contributed by atoms with Crippen LogP contribution in [0.15, 0.2) is 56.9 Å². The lowest BCUT2D eigenvalue weighted by molar-refractivity contribution is -0.122. The van der Waals surface area contributed by atoms with Crippen molar-refractivity contribution >= 4 is 51.7 Å². The van der Waals surface area contributed by atoms with Gasteiger partial charge >= 0.3 is 0 Å². The first-order valence-electron chi connectivity index (χ1n) is 9.61. The summed E-state index contributed by atoms with van der Waals surface area (Å²) in [4.78, 5) is 32.6. The fourth-order valence-electron chi connectivity index (χ4n) is 3.09. The summed E-state index contributed by atoms with van der Waals surface area (Å²) in [5.41, 5.74) is 0.555. The molecule has 1 fully saturated rings. The molecular weight excluding hydrogens is 420 g/mol. The molecular formula is C21H20N4O3S2. The van der Waals surface area contributed by atoms with Crippen LogP contribution in [0, 0.1) is 0 Å². The first-order chi connectivity index (χ1) is 14.6. The molecule has 0 radical (unpaired) electrons. The van der Waals surface area contributed by atoms with E-state index in [1.54, 1.807) is 41.6 Å². The number of nitrogens with one attached hydrogen (secondary N) is 1. The molecule has 30 heavy (non-hydrogen) atoms. The molecule has 9 heteroatoms. The van der Waals surface area contributed by atoms with Crippen molar-refractivity contribution in [1.82, 2.24) is 14.3 Å². The van der Waals surface area contributed by atoms with Gasteiger partial charge in [-0.05, 0) is 36.8 Å². The van der Waals surface area contributed by atoms with Gasteiger partial charge in [0, 0.05) is 12.7 Å². The number of nitrogens with zero attached hydrogens (tertiary/aromatic N) is 3. The quantitative estimate of drug-likeness (QED) is 0.441. The summed E-state index contributed by atoms with van der Waals surface area (Å²) in [5.74, 6) is 0.927. The lowest BCUT2D eigenvalue weighted by Gasteiger charge is -2.13. The molecule has 1 saturated heterocycles. The van der Waals surface area contributed by atoms with E-state index in [9.17, 15) is 9.59 Å². The Hall–Kier alpha value is -2.91. The standard InChI is InChI=1S/C21H20N4O3S2/c1-2-3-9-25-20(27)16(30-21(25)29)12-15-18(22-13-14-7-6-11-28-14)23-17-8-4-5-10-24(17)19(15)26/h4-8,10-12,22H,2-3,9,13H2,1H3/b16-12-. The number of hydrogen-bond donors (Lipinski definition) is 1. The van der Waals surface area contributed by atoms with E-state index in [1.807, 2.05) is 12.1 Å². The van der Waals surface area contributed by atoms with Crippen molar-refractivity contribution in [3.63, 3.8) is 0 Å². The van der Waals surface area contributed by atoms with Crippen LogP contribution in [0.5, 0.6) is 0 Å². The van der Waals surface area contributed by atoms with Crippen LogP contribution in [-0.4, -0.2) is 31.1 Å². The smallest absolute Gasteiger partial charge is 0.267 e. The molecule has 1 N–H and O–H groups in total. The first-order valence-corrected chi connectivity index (χ1v) is 10.8. The molecule has 0 spiro atoms. The van der Waals surface area contributed by atoms with Crippen LogP contribution in [0.3, 0.4) is 0 Å². The summed E-state index contributed by atoms with van der Waals surface area (Å²) in [6.07, 6.45) is 6.67. The Morgan fingerprint density at radius 1 is 1.27 bits per heavy atom. The van der Waals surface area contributed by atoms with E-state index in [-0.39, 0.29) is 11.5 Å². The molecule has 1 aliphatic rings. The zero-order valence-electron chi connectivity index (χ0n) is 16.3.